The lowest BCUT2D eigenvalue weighted by Gasteiger charge is -2.48. The molecule has 0 spiro atoms. The number of carbonyl (C=O) groups excluding carboxylic acids is 1. The van der Waals surface area contributed by atoms with E-state index >= 15 is 0 Å². The molecule has 4 rings (SSSR count). The van der Waals surface area contributed by atoms with Gasteiger partial charge in [0.2, 0.25) is 0 Å². The summed E-state index contributed by atoms with van der Waals surface area (Å²) >= 11 is 0. The number of esters is 1. The van der Waals surface area contributed by atoms with Gasteiger partial charge in [0.1, 0.15) is 0 Å². The second kappa shape index (κ2) is 4.02. The standard InChI is InChI=1S/C13H21NO2/c1-16-13(15)8-9-6-11-10-2-4-14(5-3-10)12(11)7-9/h9-12H,2-8H2,1H3. The molecule has 1 aliphatic carbocycles. The Morgan fingerprint density at radius 2 is 2.06 bits per heavy atom. The summed E-state index contributed by atoms with van der Waals surface area (Å²) < 4.78 is 4.78. The van der Waals surface area contributed by atoms with Crippen LogP contribution in [-0.4, -0.2) is 37.1 Å². The summed E-state index contributed by atoms with van der Waals surface area (Å²) in [6.45, 7) is 2.60. The first-order valence-corrected chi connectivity index (χ1v) is 6.59. The van der Waals surface area contributed by atoms with Crippen molar-refractivity contribution in [3.63, 3.8) is 0 Å². The van der Waals surface area contributed by atoms with Crippen molar-refractivity contribution in [2.45, 2.75) is 38.1 Å². The highest BCUT2D eigenvalue weighted by Crippen LogP contribution is 2.48. The van der Waals surface area contributed by atoms with Gasteiger partial charge in [-0.25, -0.2) is 0 Å². The Balaban J connectivity index is 1.65. The van der Waals surface area contributed by atoms with Gasteiger partial charge in [-0.05, 0) is 56.5 Å². The largest absolute Gasteiger partial charge is 0.469 e. The molecule has 0 radical (unpaired) electrons. The van der Waals surface area contributed by atoms with Crippen LogP contribution < -0.4 is 0 Å². The maximum atomic E-state index is 11.3. The zero-order chi connectivity index (χ0) is 11.1. The minimum atomic E-state index is -0.0222. The average molecular weight is 223 g/mol. The smallest absolute Gasteiger partial charge is 0.305 e. The van der Waals surface area contributed by atoms with Gasteiger partial charge in [0.25, 0.3) is 0 Å². The number of piperidine rings is 3. The number of rotatable bonds is 2. The lowest BCUT2D eigenvalue weighted by molar-refractivity contribution is -0.141. The molecule has 4 fully saturated rings. The molecule has 4 aliphatic rings. The zero-order valence-corrected chi connectivity index (χ0v) is 10.0. The van der Waals surface area contributed by atoms with Crippen LogP contribution in [0.3, 0.4) is 0 Å². The van der Waals surface area contributed by atoms with Gasteiger partial charge in [-0.3, -0.25) is 4.79 Å². The fourth-order valence-corrected chi connectivity index (χ4v) is 4.25. The summed E-state index contributed by atoms with van der Waals surface area (Å²) in [6, 6.07) is 0.794. The highest BCUT2D eigenvalue weighted by atomic mass is 16.5. The fraction of sp³-hybridized carbons (Fsp3) is 0.923. The highest BCUT2D eigenvalue weighted by Gasteiger charge is 2.47. The van der Waals surface area contributed by atoms with Crippen LogP contribution in [0.4, 0.5) is 0 Å². The van der Waals surface area contributed by atoms with Crippen molar-refractivity contribution < 1.29 is 9.53 Å². The van der Waals surface area contributed by atoms with E-state index in [1.165, 1.54) is 45.9 Å². The normalized spacial score (nSPS) is 45.4. The molecule has 0 aromatic rings. The summed E-state index contributed by atoms with van der Waals surface area (Å²) in [7, 11) is 1.50. The summed E-state index contributed by atoms with van der Waals surface area (Å²) in [5, 5.41) is 0. The predicted molar refractivity (Wildman–Crippen MR) is 60.9 cm³/mol. The topological polar surface area (TPSA) is 29.5 Å². The van der Waals surface area contributed by atoms with Crippen molar-refractivity contribution in [3.8, 4) is 0 Å². The summed E-state index contributed by atoms with van der Waals surface area (Å²) in [4.78, 5) is 14.0. The zero-order valence-electron chi connectivity index (χ0n) is 10.0. The van der Waals surface area contributed by atoms with E-state index in [0.717, 1.165) is 17.9 Å². The van der Waals surface area contributed by atoms with E-state index < -0.39 is 0 Å². The molecule has 3 nitrogen and oxygen atoms in total. The SMILES string of the molecule is COC(=O)CC1CC2C3CCN(CC3)C2C1. The van der Waals surface area contributed by atoms with E-state index in [9.17, 15) is 4.79 Å². The van der Waals surface area contributed by atoms with E-state index in [1.54, 1.807) is 0 Å². The van der Waals surface area contributed by atoms with Crippen molar-refractivity contribution in [2.75, 3.05) is 20.2 Å². The Bertz CT molecular complexity index is 264. The van der Waals surface area contributed by atoms with Gasteiger partial charge in [0, 0.05) is 12.5 Å². The minimum absolute atomic E-state index is 0.0222. The van der Waals surface area contributed by atoms with Crippen molar-refractivity contribution in [2.24, 2.45) is 17.8 Å². The van der Waals surface area contributed by atoms with Crippen molar-refractivity contribution in [3.05, 3.63) is 0 Å². The van der Waals surface area contributed by atoms with Gasteiger partial charge in [-0.2, -0.15) is 0 Å². The van der Waals surface area contributed by atoms with Gasteiger partial charge in [-0.1, -0.05) is 0 Å². The molecule has 90 valence electrons. The molecule has 2 bridgehead atoms. The Hall–Kier alpha value is -0.570. The van der Waals surface area contributed by atoms with Gasteiger partial charge in [0.05, 0.1) is 7.11 Å². The number of hydrogen-bond donors (Lipinski definition) is 0. The molecule has 3 saturated heterocycles. The van der Waals surface area contributed by atoms with Gasteiger partial charge < -0.3 is 9.64 Å². The van der Waals surface area contributed by atoms with Crippen LogP contribution >= 0.6 is 0 Å². The maximum absolute atomic E-state index is 11.3. The lowest BCUT2D eigenvalue weighted by atomic mass is 9.75. The third-order valence-electron chi connectivity index (χ3n) is 5.01. The number of methoxy groups -OCH3 is 1. The maximum Gasteiger partial charge on any atom is 0.305 e. The first-order valence-electron chi connectivity index (χ1n) is 6.59. The molecule has 3 heterocycles. The molecule has 16 heavy (non-hydrogen) atoms. The molecular formula is C13H21NO2. The lowest BCUT2D eigenvalue weighted by Crippen LogP contribution is -2.52. The monoisotopic (exact) mass is 223 g/mol. The van der Waals surface area contributed by atoms with Crippen LogP contribution in [0.25, 0.3) is 0 Å². The number of ether oxygens (including phenoxy) is 1. The van der Waals surface area contributed by atoms with Crippen LogP contribution in [0.2, 0.25) is 0 Å². The van der Waals surface area contributed by atoms with Gasteiger partial charge in [-0.15, -0.1) is 0 Å². The number of nitrogens with zero attached hydrogens (tertiary/aromatic N) is 1. The molecule has 3 heteroatoms. The molecule has 0 aromatic carbocycles. The van der Waals surface area contributed by atoms with Crippen LogP contribution in [0.1, 0.15) is 32.1 Å². The van der Waals surface area contributed by atoms with E-state index in [2.05, 4.69) is 4.90 Å². The van der Waals surface area contributed by atoms with E-state index in [1.807, 2.05) is 0 Å². The molecule has 1 saturated carbocycles. The quantitative estimate of drug-likeness (QED) is 0.667. The molecular weight excluding hydrogens is 202 g/mol. The molecule has 3 unspecified atom stereocenters. The van der Waals surface area contributed by atoms with E-state index in [0.29, 0.717) is 12.3 Å². The summed E-state index contributed by atoms with van der Waals surface area (Å²) in [6.07, 6.45) is 5.93. The van der Waals surface area contributed by atoms with Crippen molar-refractivity contribution >= 4 is 5.97 Å². The Kier molecular flexibility index (Phi) is 2.66. The molecule has 0 amide bonds. The van der Waals surface area contributed by atoms with Crippen LogP contribution in [0, 0.1) is 17.8 Å². The van der Waals surface area contributed by atoms with Crippen LogP contribution in [-0.2, 0) is 9.53 Å². The van der Waals surface area contributed by atoms with E-state index in [4.69, 9.17) is 4.74 Å². The predicted octanol–water partition coefficient (Wildman–Crippen LogP) is 1.67. The molecule has 0 N–H and O–H groups in total. The fourth-order valence-electron chi connectivity index (χ4n) is 4.25. The summed E-state index contributed by atoms with van der Waals surface area (Å²) in [5.41, 5.74) is 0. The Morgan fingerprint density at radius 1 is 1.31 bits per heavy atom. The molecule has 0 aromatic heterocycles. The Labute approximate surface area is 97.1 Å². The first-order chi connectivity index (χ1) is 7.78. The van der Waals surface area contributed by atoms with Crippen LogP contribution in [0.5, 0.6) is 0 Å². The second-order valence-corrected chi connectivity index (χ2v) is 5.72. The molecule has 3 aliphatic heterocycles. The number of fused-ring (bicyclic) bond motifs is 2. The van der Waals surface area contributed by atoms with Gasteiger partial charge >= 0.3 is 5.97 Å². The molecule has 3 atom stereocenters. The van der Waals surface area contributed by atoms with E-state index in [-0.39, 0.29) is 5.97 Å². The minimum Gasteiger partial charge on any atom is -0.469 e. The van der Waals surface area contributed by atoms with Crippen molar-refractivity contribution in [1.29, 1.82) is 0 Å². The average Bonchev–Trinajstić information content (AvgIpc) is 2.75. The van der Waals surface area contributed by atoms with Crippen molar-refractivity contribution in [1.82, 2.24) is 4.90 Å². The highest BCUT2D eigenvalue weighted by molar-refractivity contribution is 5.69. The third-order valence-corrected chi connectivity index (χ3v) is 5.01. The third kappa shape index (κ3) is 1.65. The number of hydrogen-bond acceptors (Lipinski definition) is 3. The second-order valence-electron chi connectivity index (χ2n) is 5.72. The number of carbonyl (C=O) groups is 1. The first kappa shape index (κ1) is 10.6. The summed E-state index contributed by atoms with van der Waals surface area (Å²) in [5.74, 6) is 2.41. The van der Waals surface area contributed by atoms with Crippen LogP contribution in [0.15, 0.2) is 0 Å². The van der Waals surface area contributed by atoms with Gasteiger partial charge in [0.15, 0.2) is 0 Å². The Morgan fingerprint density at radius 3 is 2.69 bits per heavy atom.